The molecule has 1 aliphatic heterocycles. The maximum Gasteiger partial charge on any atom is 0.256 e. The van der Waals surface area contributed by atoms with Crippen molar-refractivity contribution in [2.75, 3.05) is 5.32 Å². The van der Waals surface area contributed by atoms with Gasteiger partial charge in [-0.2, -0.15) is 0 Å². The summed E-state index contributed by atoms with van der Waals surface area (Å²) >= 11 is 3.28. The second-order valence-electron chi connectivity index (χ2n) is 8.08. The lowest BCUT2D eigenvalue weighted by Crippen LogP contribution is -2.13. The molecule has 8 heteroatoms. The zero-order chi connectivity index (χ0) is 22.6. The van der Waals surface area contributed by atoms with Gasteiger partial charge in [0.2, 0.25) is 0 Å². The van der Waals surface area contributed by atoms with Gasteiger partial charge in [-0.15, -0.1) is 33.3 Å². The first-order valence-electron chi connectivity index (χ1n) is 11.1. The molecule has 0 atom stereocenters. The maximum absolute atomic E-state index is 13.2. The van der Waals surface area contributed by atoms with E-state index in [9.17, 15) is 4.79 Å². The molecule has 0 aliphatic carbocycles. The molecule has 1 N–H and O–H groups in total. The number of amides is 1. The standard InChI is InChI=1S/C25H25N5OS2/c1-17-26-20(15-32-17)16-33-22-11-5-4-10-21(22)25(31)27-19-9-7-8-18(14-19)24-29-28-23-12-3-2-6-13-30(23)24/h4-5,7-11,14-15H,2-3,6,12-13,16H2,1H3,(H,27,31). The number of aryl methyl sites for hydroxylation is 2. The predicted octanol–water partition coefficient (Wildman–Crippen LogP) is 5.98. The van der Waals surface area contributed by atoms with E-state index >= 15 is 0 Å². The number of anilines is 1. The van der Waals surface area contributed by atoms with Crippen LogP contribution in [0.2, 0.25) is 0 Å². The fourth-order valence-corrected chi connectivity index (χ4v) is 5.70. The van der Waals surface area contributed by atoms with Gasteiger partial charge in [-0.25, -0.2) is 4.98 Å². The summed E-state index contributed by atoms with van der Waals surface area (Å²) in [6, 6.07) is 15.6. The molecule has 1 amide bonds. The fourth-order valence-electron chi connectivity index (χ4n) is 4.04. The second-order valence-corrected chi connectivity index (χ2v) is 10.2. The summed E-state index contributed by atoms with van der Waals surface area (Å²) in [7, 11) is 0. The largest absolute Gasteiger partial charge is 0.322 e. The van der Waals surface area contributed by atoms with Gasteiger partial charge in [0.05, 0.1) is 16.3 Å². The average Bonchev–Trinajstić information content (AvgIpc) is 3.36. The predicted molar refractivity (Wildman–Crippen MR) is 134 cm³/mol. The van der Waals surface area contributed by atoms with Crippen molar-refractivity contribution in [2.24, 2.45) is 0 Å². The number of rotatable bonds is 6. The third-order valence-corrected chi connectivity index (χ3v) is 7.59. The Hall–Kier alpha value is -2.97. The third kappa shape index (κ3) is 5.02. The number of carbonyl (C=O) groups excluding carboxylic acids is 1. The van der Waals surface area contributed by atoms with Crippen molar-refractivity contribution in [1.82, 2.24) is 19.7 Å². The van der Waals surface area contributed by atoms with E-state index in [4.69, 9.17) is 0 Å². The molecule has 0 fully saturated rings. The minimum absolute atomic E-state index is 0.121. The summed E-state index contributed by atoms with van der Waals surface area (Å²) in [5, 5.41) is 15.1. The van der Waals surface area contributed by atoms with Crippen molar-refractivity contribution in [3.63, 3.8) is 0 Å². The van der Waals surface area contributed by atoms with Crippen LogP contribution in [0.4, 0.5) is 5.69 Å². The molecule has 2 aromatic heterocycles. The molecule has 0 spiro atoms. The number of hydrogen-bond acceptors (Lipinski definition) is 6. The number of thioether (sulfide) groups is 1. The van der Waals surface area contributed by atoms with Crippen LogP contribution in [0.15, 0.2) is 58.8 Å². The van der Waals surface area contributed by atoms with E-state index in [2.05, 4.69) is 30.4 Å². The smallest absolute Gasteiger partial charge is 0.256 e. The maximum atomic E-state index is 13.2. The number of thiazole rings is 1. The highest BCUT2D eigenvalue weighted by Crippen LogP contribution is 2.29. The van der Waals surface area contributed by atoms with Crippen LogP contribution in [-0.2, 0) is 18.7 Å². The van der Waals surface area contributed by atoms with E-state index in [0.717, 1.165) is 70.1 Å². The van der Waals surface area contributed by atoms with Gasteiger partial charge in [0, 0.05) is 40.2 Å². The molecule has 2 aromatic carbocycles. The van der Waals surface area contributed by atoms with Crippen LogP contribution in [0.1, 0.15) is 46.1 Å². The van der Waals surface area contributed by atoms with E-state index in [1.807, 2.05) is 55.5 Å². The first kappa shape index (κ1) is 21.9. The summed E-state index contributed by atoms with van der Waals surface area (Å²) < 4.78 is 2.22. The molecule has 33 heavy (non-hydrogen) atoms. The summed E-state index contributed by atoms with van der Waals surface area (Å²) in [6.45, 7) is 2.95. The molecule has 0 bridgehead atoms. The lowest BCUT2D eigenvalue weighted by molar-refractivity contribution is 0.102. The van der Waals surface area contributed by atoms with Crippen molar-refractivity contribution in [2.45, 2.75) is 49.8 Å². The quantitative estimate of drug-likeness (QED) is 0.347. The molecule has 168 valence electrons. The molecule has 1 aliphatic rings. The topological polar surface area (TPSA) is 72.7 Å². The number of carbonyl (C=O) groups is 1. The molecule has 0 radical (unpaired) electrons. The first-order valence-corrected chi connectivity index (χ1v) is 13.0. The highest BCUT2D eigenvalue weighted by molar-refractivity contribution is 7.98. The van der Waals surface area contributed by atoms with E-state index in [0.29, 0.717) is 5.56 Å². The van der Waals surface area contributed by atoms with Gasteiger partial charge in [-0.05, 0) is 44.0 Å². The van der Waals surface area contributed by atoms with Crippen molar-refractivity contribution >= 4 is 34.7 Å². The average molecular weight is 476 g/mol. The third-order valence-electron chi connectivity index (χ3n) is 5.66. The molecule has 0 saturated carbocycles. The van der Waals surface area contributed by atoms with Gasteiger partial charge in [-0.1, -0.05) is 30.7 Å². The molecule has 0 unspecified atom stereocenters. The van der Waals surface area contributed by atoms with Gasteiger partial charge < -0.3 is 9.88 Å². The van der Waals surface area contributed by atoms with E-state index in [1.165, 1.54) is 6.42 Å². The monoisotopic (exact) mass is 475 g/mol. The molecule has 6 nitrogen and oxygen atoms in total. The zero-order valence-electron chi connectivity index (χ0n) is 18.5. The van der Waals surface area contributed by atoms with E-state index in [1.54, 1.807) is 23.1 Å². The van der Waals surface area contributed by atoms with Gasteiger partial charge in [-0.3, -0.25) is 4.79 Å². The Morgan fingerprint density at radius 1 is 1.12 bits per heavy atom. The van der Waals surface area contributed by atoms with Crippen LogP contribution in [0.5, 0.6) is 0 Å². The number of fused-ring (bicyclic) bond motifs is 1. The minimum atomic E-state index is -0.121. The highest BCUT2D eigenvalue weighted by atomic mass is 32.2. The Balaban J connectivity index is 1.34. The fraction of sp³-hybridized carbons (Fsp3) is 0.280. The van der Waals surface area contributed by atoms with Crippen LogP contribution >= 0.6 is 23.1 Å². The second kappa shape index (κ2) is 9.89. The van der Waals surface area contributed by atoms with Gasteiger partial charge in [0.25, 0.3) is 5.91 Å². The molecule has 5 rings (SSSR count). The van der Waals surface area contributed by atoms with Crippen LogP contribution in [0.25, 0.3) is 11.4 Å². The van der Waals surface area contributed by atoms with E-state index in [-0.39, 0.29) is 5.91 Å². The number of aromatic nitrogens is 4. The Morgan fingerprint density at radius 2 is 2.03 bits per heavy atom. The highest BCUT2D eigenvalue weighted by Gasteiger charge is 2.17. The lowest BCUT2D eigenvalue weighted by atomic mass is 10.1. The van der Waals surface area contributed by atoms with Gasteiger partial charge in [0.1, 0.15) is 5.82 Å². The van der Waals surface area contributed by atoms with Crippen molar-refractivity contribution in [3.8, 4) is 11.4 Å². The SMILES string of the molecule is Cc1nc(CSc2ccccc2C(=O)Nc2cccc(-c3nnc4n3CCCCC4)c2)cs1. The lowest BCUT2D eigenvalue weighted by Gasteiger charge is -2.11. The number of hydrogen-bond donors (Lipinski definition) is 1. The Morgan fingerprint density at radius 3 is 2.91 bits per heavy atom. The summed E-state index contributed by atoms with van der Waals surface area (Å²) in [6.07, 6.45) is 4.49. The van der Waals surface area contributed by atoms with E-state index < -0.39 is 0 Å². The van der Waals surface area contributed by atoms with Crippen LogP contribution in [0, 0.1) is 6.92 Å². The molecular weight excluding hydrogens is 450 g/mol. The molecule has 0 saturated heterocycles. The molecular formula is C25H25N5OS2. The van der Waals surface area contributed by atoms with Crippen molar-refractivity contribution in [1.29, 1.82) is 0 Å². The zero-order valence-corrected chi connectivity index (χ0v) is 20.1. The summed E-state index contributed by atoms with van der Waals surface area (Å²) in [5.41, 5.74) is 3.42. The van der Waals surface area contributed by atoms with Gasteiger partial charge >= 0.3 is 0 Å². The van der Waals surface area contributed by atoms with Crippen molar-refractivity contribution in [3.05, 3.63) is 76.0 Å². The number of nitrogens with zero attached hydrogens (tertiary/aromatic N) is 4. The van der Waals surface area contributed by atoms with Crippen LogP contribution in [-0.4, -0.2) is 25.7 Å². The van der Waals surface area contributed by atoms with Crippen LogP contribution < -0.4 is 5.32 Å². The Labute approximate surface area is 201 Å². The number of benzene rings is 2. The van der Waals surface area contributed by atoms with Crippen molar-refractivity contribution < 1.29 is 4.79 Å². The summed E-state index contributed by atoms with van der Waals surface area (Å²) in [4.78, 5) is 18.6. The molecule has 3 heterocycles. The molecule has 4 aromatic rings. The van der Waals surface area contributed by atoms with Crippen LogP contribution in [0.3, 0.4) is 0 Å². The Kier molecular flexibility index (Phi) is 6.55. The summed E-state index contributed by atoms with van der Waals surface area (Å²) in [5.74, 6) is 2.54. The first-order chi connectivity index (χ1) is 16.2. The van der Waals surface area contributed by atoms with Gasteiger partial charge in [0.15, 0.2) is 5.82 Å². The normalized spacial score (nSPS) is 13.4. The minimum Gasteiger partial charge on any atom is -0.322 e. The number of nitrogens with one attached hydrogen (secondary N) is 1. The Bertz CT molecular complexity index is 1280.